The molecule has 1 heterocycles. The molecule has 116 valence electrons. The first-order valence-electron chi connectivity index (χ1n) is 7.76. The molecule has 1 aliphatic heterocycles. The number of halogens is 1. The van der Waals surface area contributed by atoms with Crippen molar-refractivity contribution in [2.45, 2.75) is 13.1 Å². The van der Waals surface area contributed by atoms with Crippen LogP contribution in [0.15, 0.2) is 48.5 Å². The van der Waals surface area contributed by atoms with Crippen molar-refractivity contribution in [3.8, 4) is 0 Å². The van der Waals surface area contributed by atoms with Gasteiger partial charge in [-0.05, 0) is 23.3 Å². The average Bonchev–Trinajstić information content (AvgIpc) is 2.56. The molecule has 0 aliphatic carbocycles. The summed E-state index contributed by atoms with van der Waals surface area (Å²) in [7, 11) is 0. The maximum absolute atomic E-state index is 14.2. The molecule has 1 fully saturated rings. The van der Waals surface area contributed by atoms with E-state index in [0.717, 1.165) is 38.3 Å². The number of rotatable bonds is 4. The highest BCUT2D eigenvalue weighted by atomic mass is 19.1. The second kappa shape index (κ2) is 6.90. The van der Waals surface area contributed by atoms with Gasteiger partial charge in [-0.15, -0.1) is 0 Å². The summed E-state index contributed by atoms with van der Waals surface area (Å²) < 4.78 is 14.2. The summed E-state index contributed by atoms with van der Waals surface area (Å²) in [6.07, 6.45) is 0. The fourth-order valence-corrected chi connectivity index (χ4v) is 2.92. The van der Waals surface area contributed by atoms with Gasteiger partial charge in [0, 0.05) is 39.3 Å². The van der Waals surface area contributed by atoms with Gasteiger partial charge in [0.2, 0.25) is 0 Å². The maximum Gasteiger partial charge on any atom is 0.146 e. The van der Waals surface area contributed by atoms with Crippen molar-refractivity contribution in [2.75, 3.05) is 31.1 Å². The molecule has 2 aromatic rings. The van der Waals surface area contributed by atoms with Gasteiger partial charge in [0.15, 0.2) is 0 Å². The molecule has 4 heteroatoms. The van der Waals surface area contributed by atoms with Gasteiger partial charge in [-0.2, -0.15) is 0 Å². The standard InChI is InChI=1S/C18H22FN3/c19-17-12-16(13-20)6-7-18(17)22-10-8-21(9-11-22)14-15-4-2-1-3-5-15/h1-7,12H,8-11,13-14,20H2. The van der Waals surface area contributed by atoms with Gasteiger partial charge < -0.3 is 10.6 Å². The molecule has 1 aliphatic rings. The first-order valence-corrected chi connectivity index (χ1v) is 7.76. The molecule has 3 rings (SSSR count). The lowest BCUT2D eigenvalue weighted by Gasteiger charge is -2.36. The molecule has 0 unspecified atom stereocenters. The van der Waals surface area contributed by atoms with Crippen LogP contribution >= 0.6 is 0 Å². The first-order chi connectivity index (χ1) is 10.8. The lowest BCUT2D eigenvalue weighted by molar-refractivity contribution is 0.249. The number of hydrogen-bond donors (Lipinski definition) is 1. The van der Waals surface area contributed by atoms with Crippen LogP contribution in [0.3, 0.4) is 0 Å². The van der Waals surface area contributed by atoms with Crippen molar-refractivity contribution in [1.29, 1.82) is 0 Å². The summed E-state index contributed by atoms with van der Waals surface area (Å²) in [5, 5.41) is 0. The van der Waals surface area contributed by atoms with E-state index >= 15 is 0 Å². The summed E-state index contributed by atoms with van der Waals surface area (Å²) in [4.78, 5) is 4.54. The molecule has 0 spiro atoms. The highest BCUT2D eigenvalue weighted by Crippen LogP contribution is 2.22. The van der Waals surface area contributed by atoms with E-state index in [1.807, 2.05) is 18.2 Å². The number of anilines is 1. The van der Waals surface area contributed by atoms with E-state index in [1.54, 1.807) is 6.07 Å². The summed E-state index contributed by atoms with van der Waals surface area (Å²) in [6.45, 7) is 4.95. The molecule has 0 atom stereocenters. The minimum absolute atomic E-state index is 0.167. The van der Waals surface area contributed by atoms with Crippen LogP contribution in [0.5, 0.6) is 0 Å². The van der Waals surface area contributed by atoms with Gasteiger partial charge >= 0.3 is 0 Å². The Balaban J connectivity index is 1.60. The van der Waals surface area contributed by atoms with E-state index in [0.29, 0.717) is 12.2 Å². The molecule has 2 aromatic carbocycles. The van der Waals surface area contributed by atoms with Crippen molar-refractivity contribution >= 4 is 5.69 Å². The molecule has 0 amide bonds. The fourth-order valence-electron chi connectivity index (χ4n) is 2.92. The predicted octanol–water partition coefficient (Wildman–Crippen LogP) is 2.61. The van der Waals surface area contributed by atoms with Gasteiger partial charge in [0.25, 0.3) is 0 Å². The lowest BCUT2D eigenvalue weighted by atomic mass is 10.1. The highest BCUT2D eigenvalue weighted by molar-refractivity contribution is 5.49. The van der Waals surface area contributed by atoms with Crippen molar-refractivity contribution in [1.82, 2.24) is 4.90 Å². The second-order valence-corrected chi connectivity index (χ2v) is 5.74. The van der Waals surface area contributed by atoms with Crippen LogP contribution in [-0.4, -0.2) is 31.1 Å². The molecule has 1 saturated heterocycles. The summed E-state index contributed by atoms with van der Waals surface area (Å²) >= 11 is 0. The van der Waals surface area contributed by atoms with Gasteiger partial charge in [-0.3, -0.25) is 4.90 Å². The second-order valence-electron chi connectivity index (χ2n) is 5.74. The smallest absolute Gasteiger partial charge is 0.146 e. The minimum atomic E-state index is -0.167. The number of nitrogens with zero attached hydrogens (tertiary/aromatic N) is 2. The molecule has 0 saturated carbocycles. The molecular formula is C18H22FN3. The Morgan fingerprint density at radius 3 is 2.27 bits per heavy atom. The first kappa shape index (κ1) is 15.0. The Morgan fingerprint density at radius 1 is 0.909 bits per heavy atom. The van der Waals surface area contributed by atoms with E-state index in [1.165, 1.54) is 5.56 Å². The Bertz CT molecular complexity index is 607. The minimum Gasteiger partial charge on any atom is -0.367 e. The summed E-state index contributed by atoms with van der Waals surface area (Å²) in [5.74, 6) is -0.167. The zero-order valence-electron chi connectivity index (χ0n) is 12.7. The van der Waals surface area contributed by atoms with E-state index in [-0.39, 0.29) is 5.82 Å². The van der Waals surface area contributed by atoms with Crippen LogP contribution in [0.25, 0.3) is 0 Å². The van der Waals surface area contributed by atoms with E-state index in [2.05, 4.69) is 34.1 Å². The number of piperazine rings is 1. The van der Waals surface area contributed by atoms with Gasteiger partial charge in [-0.25, -0.2) is 4.39 Å². The molecular weight excluding hydrogens is 277 g/mol. The van der Waals surface area contributed by atoms with Crippen LogP contribution < -0.4 is 10.6 Å². The van der Waals surface area contributed by atoms with E-state index < -0.39 is 0 Å². The topological polar surface area (TPSA) is 32.5 Å². The third-order valence-corrected chi connectivity index (χ3v) is 4.21. The van der Waals surface area contributed by atoms with Crippen molar-refractivity contribution in [3.63, 3.8) is 0 Å². The molecule has 2 N–H and O–H groups in total. The third-order valence-electron chi connectivity index (χ3n) is 4.21. The fraction of sp³-hybridized carbons (Fsp3) is 0.333. The monoisotopic (exact) mass is 299 g/mol. The average molecular weight is 299 g/mol. The van der Waals surface area contributed by atoms with E-state index in [9.17, 15) is 4.39 Å². The lowest BCUT2D eigenvalue weighted by Crippen LogP contribution is -2.46. The molecule has 0 bridgehead atoms. The maximum atomic E-state index is 14.2. The Kier molecular flexibility index (Phi) is 4.71. The van der Waals surface area contributed by atoms with Crippen molar-refractivity contribution in [2.24, 2.45) is 5.73 Å². The van der Waals surface area contributed by atoms with Crippen LogP contribution in [-0.2, 0) is 13.1 Å². The molecule has 0 radical (unpaired) electrons. The third kappa shape index (κ3) is 3.46. The predicted molar refractivity (Wildman–Crippen MR) is 88.2 cm³/mol. The van der Waals surface area contributed by atoms with E-state index in [4.69, 9.17) is 5.73 Å². The van der Waals surface area contributed by atoms with Crippen LogP contribution in [0, 0.1) is 5.82 Å². The number of hydrogen-bond acceptors (Lipinski definition) is 3. The van der Waals surface area contributed by atoms with Gasteiger partial charge in [0.05, 0.1) is 5.69 Å². The summed E-state index contributed by atoms with van der Waals surface area (Å²) in [6, 6.07) is 15.8. The van der Waals surface area contributed by atoms with Crippen LogP contribution in [0.1, 0.15) is 11.1 Å². The Morgan fingerprint density at radius 2 is 1.64 bits per heavy atom. The van der Waals surface area contributed by atoms with Crippen LogP contribution in [0.2, 0.25) is 0 Å². The van der Waals surface area contributed by atoms with Crippen molar-refractivity contribution < 1.29 is 4.39 Å². The molecule has 3 nitrogen and oxygen atoms in total. The normalized spacial score (nSPS) is 16.0. The van der Waals surface area contributed by atoms with Crippen LogP contribution in [0.4, 0.5) is 10.1 Å². The summed E-state index contributed by atoms with van der Waals surface area (Å²) in [5.41, 5.74) is 8.41. The van der Waals surface area contributed by atoms with Gasteiger partial charge in [0.1, 0.15) is 5.82 Å². The molecule has 0 aromatic heterocycles. The number of nitrogens with two attached hydrogens (primary N) is 1. The largest absolute Gasteiger partial charge is 0.367 e. The highest BCUT2D eigenvalue weighted by Gasteiger charge is 2.19. The number of benzene rings is 2. The van der Waals surface area contributed by atoms with Gasteiger partial charge in [-0.1, -0.05) is 36.4 Å². The Labute approximate surface area is 131 Å². The SMILES string of the molecule is NCc1ccc(N2CCN(Cc3ccccc3)CC2)c(F)c1. The molecule has 22 heavy (non-hydrogen) atoms. The Hall–Kier alpha value is -1.91. The zero-order valence-corrected chi connectivity index (χ0v) is 12.7. The zero-order chi connectivity index (χ0) is 15.4. The quantitative estimate of drug-likeness (QED) is 0.942. The van der Waals surface area contributed by atoms with Crippen molar-refractivity contribution in [3.05, 3.63) is 65.5 Å².